The van der Waals surface area contributed by atoms with Crippen molar-refractivity contribution in [2.45, 2.75) is 192 Å². The lowest BCUT2D eigenvalue weighted by molar-refractivity contribution is 0.214. The molecule has 0 saturated heterocycles. The van der Waals surface area contributed by atoms with Gasteiger partial charge < -0.3 is 14.7 Å². The molecule has 2 saturated carbocycles. The minimum absolute atomic E-state index is 0.00824. The first-order valence-corrected chi connectivity index (χ1v) is 31.3. The molecule has 82 heavy (non-hydrogen) atoms. The van der Waals surface area contributed by atoms with E-state index in [0.29, 0.717) is 0 Å². The zero-order valence-corrected chi connectivity index (χ0v) is 51.7. The third kappa shape index (κ3) is 7.33. The molecule has 4 unspecified atom stereocenters. The summed E-state index contributed by atoms with van der Waals surface area (Å²) in [5, 5.41) is 0. The Bertz CT molecular complexity index is 3870. The van der Waals surface area contributed by atoms with E-state index >= 15 is 0 Å². The normalized spacial score (nSPS) is 23.4. The highest BCUT2D eigenvalue weighted by Crippen LogP contribution is 2.68. The number of nitrogens with zero attached hydrogens (tertiary/aromatic N) is 3. The van der Waals surface area contributed by atoms with E-state index in [1.54, 1.807) is 0 Å². The van der Waals surface area contributed by atoms with Gasteiger partial charge in [-0.3, -0.25) is 0 Å². The van der Waals surface area contributed by atoms with Crippen molar-refractivity contribution in [3.05, 3.63) is 214 Å². The summed E-state index contributed by atoms with van der Waals surface area (Å²) in [6.07, 6.45) is 9.20. The Labute approximate surface area is 492 Å². The third-order valence-corrected chi connectivity index (χ3v) is 21.6. The van der Waals surface area contributed by atoms with Crippen LogP contribution in [0.1, 0.15) is 193 Å². The van der Waals surface area contributed by atoms with Crippen LogP contribution in [-0.4, -0.2) is 17.8 Å². The Balaban J connectivity index is 1.16. The van der Waals surface area contributed by atoms with E-state index in [2.05, 4.69) is 281 Å². The average Bonchev–Trinajstić information content (AvgIpc) is 1.54. The van der Waals surface area contributed by atoms with E-state index in [1.165, 1.54) is 138 Å². The van der Waals surface area contributed by atoms with Crippen LogP contribution in [0.4, 0.5) is 39.8 Å². The molecule has 0 bridgehead atoms. The van der Waals surface area contributed by atoms with Crippen molar-refractivity contribution in [2.24, 2.45) is 0 Å². The van der Waals surface area contributed by atoms with Crippen LogP contribution in [0.5, 0.6) is 0 Å². The second-order valence-corrected chi connectivity index (χ2v) is 30.4. The quantitative estimate of drug-likeness (QED) is 0.159. The van der Waals surface area contributed by atoms with E-state index in [0.717, 1.165) is 25.7 Å². The molecule has 416 valence electrons. The van der Waals surface area contributed by atoms with Crippen molar-refractivity contribution in [1.82, 2.24) is 0 Å². The third-order valence-electron chi connectivity index (χ3n) is 21.6. The minimum atomic E-state index is -0.279. The molecule has 4 heterocycles. The average molecular weight is 1080 g/mol. The molecule has 4 atom stereocenters. The SMILES string of the molecule is CC(C)(C)c1ccc(N2c3cc(C(C)(C)C)ccc3B3c4cc(C(C)(C)C)cc5c4N(c4cc(N6c7ccc(C(C)(C)C)cc7C7(c8ccccc8)CCCCC67C)cc2c43)C2(C)CCCCC52c2ccccc2)c(-c2ccccc2)c1. The van der Waals surface area contributed by atoms with Crippen molar-refractivity contribution < 1.29 is 0 Å². The van der Waals surface area contributed by atoms with Crippen molar-refractivity contribution in [3.8, 4) is 11.1 Å². The maximum absolute atomic E-state index is 3.00. The summed E-state index contributed by atoms with van der Waals surface area (Å²) in [7, 11) is 0. The fourth-order valence-electron chi connectivity index (χ4n) is 17.3. The van der Waals surface area contributed by atoms with Gasteiger partial charge in [-0.15, -0.1) is 0 Å². The molecule has 0 spiro atoms. The van der Waals surface area contributed by atoms with Crippen LogP contribution in [0, 0.1) is 0 Å². The molecule has 0 N–H and O–H groups in total. The number of benzene rings is 8. The summed E-state index contributed by atoms with van der Waals surface area (Å²) < 4.78 is 0. The van der Waals surface area contributed by atoms with Crippen molar-refractivity contribution in [3.63, 3.8) is 0 Å². The smallest absolute Gasteiger partial charge is 0.252 e. The highest BCUT2D eigenvalue weighted by molar-refractivity contribution is 7.00. The lowest BCUT2D eigenvalue weighted by atomic mass is 9.33. The second kappa shape index (κ2) is 17.9. The zero-order valence-electron chi connectivity index (χ0n) is 51.7. The maximum atomic E-state index is 3.00. The first-order chi connectivity index (χ1) is 38.9. The van der Waals surface area contributed by atoms with Crippen molar-refractivity contribution in [2.75, 3.05) is 14.7 Å². The highest BCUT2D eigenvalue weighted by Gasteiger charge is 2.66. The topological polar surface area (TPSA) is 9.72 Å². The predicted octanol–water partition coefficient (Wildman–Crippen LogP) is 18.7. The molecule has 8 aromatic carbocycles. The Morgan fingerprint density at radius 3 is 1.44 bits per heavy atom. The first-order valence-electron chi connectivity index (χ1n) is 31.3. The van der Waals surface area contributed by atoms with Crippen LogP contribution in [0.3, 0.4) is 0 Å². The minimum Gasteiger partial charge on any atom is -0.335 e. The lowest BCUT2D eigenvalue weighted by Gasteiger charge is -2.55. The van der Waals surface area contributed by atoms with Crippen molar-refractivity contribution in [1.29, 1.82) is 0 Å². The molecule has 4 heteroatoms. The largest absolute Gasteiger partial charge is 0.335 e. The van der Waals surface area contributed by atoms with Crippen molar-refractivity contribution >= 4 is 62.9 Å². The molecular weight excluding hydrogens is 990 g/mol. The molecule has 14 rings (SSSR count). The van der Waals surface area contributed by atoms with E-state index in [1.807, 2.05) is 0 Å². The van der Waals surface area contributed by atoms with Gasteiger partial charge in [0.15, 0.2) is 0 Å². The number of hydrogen-bond acceptors (Lipinski definition) is 3. The first kappa shape index (κ1) is 53.2. The monoisotopic (exact) mass is 1080 g/mol. The van der Waals surface area contributed by atoms with Crippen LogP contribution in [0.25, 0.3) is 11.1 Å². The maximum Gasteiger partial charge on any atom is 0.252 e. The molecule has 0 radical (unpaired) electrons. The molecule has 4 aliphatic heterocycles. The zero-order chi connectivity index (χ0) is 57.3. The molecule has 2 aliphatic carbocycles. The summed E-state index contributed by atoms with van der Waals surface area (Å²) in [5.41, 5.74) is 26.3. The molecule has 0 aromatic heterocycles. The van der Waals surface area contributed by atoms with Gasteiger partial charge >= 0.3 is 0 Å². The Hall–Kier alpha value is -6.78. The van der Waals surface area contributed by atoms with Gasteiger partial charge in [-0.05, 0) is 164 Å². The fourth-order valence-corrected chi connectivity index (χ4v) is 17.3. The summed E-state index contributed by atoms with van der Waals surface area (Å²) in [6, 6.07) is 68.4. The predicted molar refractivity (Wildman–Crippen MR) is 351 cm³/mol. The fraction of sp³-hybridized carbons (Fsp3) is 0.385. The summed E-state index contributed by atoms with van der Waals surface area (Å²) in [4.78, 5) is 8.68. The molecule has 3 nitrogen and oxygen atoms in total. The number of anilines is 7. The second-order valence-electron chi connectivity index (χ2n) is 30.4. The number of fused-ring (bicyclic) bond motifs is 10. The van der Waals surface area contributed by atoms with Crippen LogP contribution in [-0.2, 0) is 32.5 Å². The van der Waals surface area contributed by atoms with Gasteiger partial charge in [-0.2, -0.15) is 0 Å². The summed E-state index contributed by atoms with van der Waals surface area (Å²) in [6.45, 7) is 34.1. The molecule has 0 amide bonds. The van der Waals surface area contributed by atoms with E-state index in [9.17, 15) is 0 Å². The van der Waals surface area contributed by atoms with Crippen LogP contribution < -0.4 is 31.1 Å². The number of hydrogen-bond donors (Lipinski definition) is 0. The molecule has 6 aliphatic rings. The van der Waals surface area contributed by atoms with Gasteiger partial charge in [-0.1, -0.05) is 242 Å². The van der Waals surface area contributed by atoms with Gasteiger partial charge in [0.25, 0.3) is 6.71 Å². The van der Waals surface area contributed by atoms with Gasteiger partial charge in [-0.25, -0.2) is 0 Å². The Kier molecular flexibility index (Phi) is 11.6. The van der Waals surface area contributed by atoms with Gasteiger partial charge in [0.2, 0.25) is 0 Å². The number of rotatable bonds is 5. The lowest BCUT2D eigenvalue weighted by Crippen LogP contribution is -2.65. The Morgan fingerprint density at radius 2 is 0.854 bits per heavy atom. The Morgan fingerprint density at radius 1 is 0.378 bits per heavy atom. The standard InChI is InChI=1S/C78H86BN3/c1-71(2,3)54-35-38-64(59(44-54)51-28-18-15-19-29-51)80-66-48-56(73(7,8)9)34-37-62(66)79-63-47-57(74(10,11)12)46-61-70(63)82(76(14)41-25-27-43-78(61,76)53-32-22-17-23-33-53)68-50-58(49-67(80)69(68)79)81-65-39-36-55(72(4,5)6)45-60(65)77(52-30-20-16-21-31-52)42-26-24-40-75(77,81)13/h15-23,28-39,44-50H,24-27,40-43H2,1-14H3. The van der Waals surface area contributed by atoms with Gasteiger partial charge in [0, 0.05) is 50.5 Å². The summed E-state index contributed by atoms with van der Waals surface area (Å²) in [5.74, 6) is 0. The highest BCUT2D eigenvalue weighted by atomic mass is 15.3. The van der Waals surface area contributed by atoms with E-state index < -0.39 is 0 Å². The van der Waals surface area contributed by atoms with Gasteiger partial charge in [0.1, 0.15) is 0 Å². The molecular formula is C78H86BN3. The van der Waals surface area contributed by atoms with Crippen LogP contribution in [0.2, 0.25) is 0 Å². The van der Waals surface area contributed by atoms with E-state index in [-0.39, 0.29) is 50.3 Å². The van der Waals surface area contributed by atoms with Crippen LogP contribution in [0.15, 0.2) is 170 Å². The summed E-state index contributed by atoms with van der Waals surface area (Å²) >= 11 is 0. The van der Waals surface area contributed by atoms with E-state index in [4.69, 9.17) is 0 Å². The van der Waals surface area contributed by atoms with Gasteiger partial charge in [0.05, 0.1) is 16.8 Å². The van der Waals surface area contributed by atoms with Crippen LogP contribution >= 0.6 is 0 Å². The molecule has 2 fully saturated rings. The molecule has 8 aromatic rings.